The first-order chi connectivity index (χ1) is 34.6. The Hall–Kier alpha value is -2.04. The van der Waals surface area contributed by atoms with Gasteiger partial charge in [-0.2, -0.15) is 0 Å². The van der Waals surface area contributed by atoms with Crippen molar-refractivity contribution in [2.45, 2.75) is 348 Å². The molecule has 5 heteroatoms. The third-order valence-corrected chi connectivity index (χ3v) is 15.1. The molecule has 5 nitrogen and oxygen atoms in total. The van der Waals surface area contributed by atoms with Crippen LogP contribution in [0.4, 0.5) is 0 Å². The molecule has 0 aliphatic carbocycles. The lowest BCUT2D eigenvalue weighted by molar-refractivity contribution is 0.0937. The predicted molar refractivity (Wildman–Crippen MR) is 309 cm³/mol. The normalized spacial score (nSPS) is 11.4. The number of carbonyl (C=O) groups is 2. The van der Waals surface area contributed by atoms with E-state index in [-0.39, 0.29) is 11.8 Å². The van der Waals surface area contributed by atoms with E-state index in [1.807, 2.05) is 6.07 Å². The highest BCUT2D eigenvalue weighted by Gasteiger charge is 2.16. The van der Waals surface area contributed by atoms with Crippen LogP contribution in [0.5, 0.6) is 5.75 Å². The smallest absolute Gasteiger partial charge is 0.255 e. The van der Waals surface area contributed by atoms with Crippen molar-refractivity contribution in [3.05, 3.63) is 29.3 Å². The Balaban J connectivity index is 2.34. The lowest BCUT2D eigenvalue weighted by Gasteiger charge is -2.14. The predicted octanol–water partition coefficient (Wildman–Crippen LogP) is 21.5. The van der Waals surface area contributed by atoms with Crippen LogP contribution in [0.15, 0.2) is 18.2 Å². The minimum absolute atomic E-state index is 0.0745. The van der Waals surface area contributed by atoms with Crippen LogP contribution in [-0.4, -0.2) is 31.5 Å². The Morgan fingerprint density at radius 3 is 0.843 bits per heavy atom. The molecule has 0 aliphatic rings. The van der Waals surface area contributed by atoms with Crippen LogP contribution in [0.3, 0.4) is 0 Å². The second-order valence-electron chi connectivity index (χ2n) is 22.0. The van der Waals surface area contributed by atoms with Crippen molar-refractivity contribution in [3.8, 4) is 5.75 Å². The molecule has 70 heavy (non-hydrogen) atoms. The average molecular weight is 980 g/mol. The topological polar surface area (TPSA) is 67.4 Å². The summed E-state index contributed by atoms with van der Waals surface area (Å²) in [6, 6.07) is 5.41. The van der Waals surface area contributed by atoms with Crippen LogP contribution in [0.2, 0.25) is 0 Å². The molecule has 2 N–H and O–H groups in total. The first-order valence-electron chi connectivity index (χ1n) is 32.0. The fourth-order valence-electron chi connectivity index (χ4n) is 10.3. The van der Waals surface area contributed by atoms with Crippen LogP contribution >= 0.6 is 0 Å². The summed E-state index contributed by atoms with van der Waals surface area (Å²) in [6.45, 7) is 8.82. The second-order valence-corrected chi connectivity index (χ2v) is 22.0. The molecule has 1 rings (SSSR count). The van der Waals surface area contributed by atoms with Crippen molar-refractivity contribution in [3.63, 3.8) is 0 Å². The van der Waals surface area contributed by atoms with Crippen molar-refractivity contribution >= 4 is 11.8 Å². The van der Waals surface area contributed by atoms with Gasteiger partial charge in [0.2, 0.25) is 0 Å². The summed E-state index contributed by atoms with van der Waals surface area (Å²) in [5, 5.41) is 6.32. The Morgan fingerprint density at radius 1 is 0.314 bits per heavy atom. The largest absolute Gasteiger partial charge is 0.493 e. The van der Waals surface area contributed by atoms with E-state index in [2.05, 4.69) is 31.4 Å². The maximum atomic E-state index is 13.5. The number of benzene rings is 1. The van der Waals surface area contributed by atoms with Crippen LogP contribution in [0.1, 0.15) is 369 Å². The van der Waals surface area contributed by atoms with Gasteiger partial charge in [-0.3, -0.25) is 9.59 Å². The molecule has 0 saturated carbocycles. The summed E-state index contributed by atoms with van der Waals surface area (Å²) in [5.41, 5.74) is 1.12. The second kappa shape index (κ2) is 54.7. The van der Waals surface area contributed by atoms with Crippen molar-refractivity contribution in [1.29, 1.82) is 0 Å². The maximum Gasteiger partial charge on any atom is 0.255 e. The van der Waals surface area contributed by atoms with E-state index >= 15 is 0 Å². The molecule has 0 heterocycles. The fourth-order valence-corrected chi connectivity index (χ4v) is 10.3. The van der Waals surface area contributed by atoms with Crippen LogP contribution in [0, 0.1) is 0 Å². The molecule has 0 aliphatic heterocycles. The number of hydrogen-bond acceptors (Lipinski definition) is 3. The zero-order valence-corrected chi connectivity index (χ0v) is 47.6. The molecule has 0 fully saturated rings. The van der Waals surface area contributed by atoms with E-state index in [0.717, 1.165) is 38.5 Å². The highest BCUT2D eigenvalue weighted by Crippen LogP contribution is 2.23. The lowest BCUT2D eigenvalue weighted by Crippen LogP contribution is -2.26. The van der Waals surface area contributed by atoms with E-state index in [0.29, 0.717) is 36.6 Å². The number of rotatable bonds is 57. The van der Waals surface area contributed by atoms with Gasteiger partial charge in [-0.15, -0.1) is 0 Å². The molecule has 0 saturated heterocycles. The van der Waals surface area contributed by atoms with E-state index in [1.165, 1.54) is 289 Å². The molecule has 2 amide bonds. The Morgan fingerprint density at radius 2 is 0.557 bits per heavy atom. The first-order valence-corrected chi connectivity index (χ1v) is 32.0. The van der Waals surface area contributed by atoms with E-state index in [1.54, 1.807) is 12.1 Å². The molecule has 1 aromatic carbocycles. The number of hydrogen-bond donors (Lipinski definition) is 2. The van der Waals surface area contributed by atoms with Crippen molar-refractivity contribution < 1.29 is 14.3 Å². The number of carbonyl (C=O) groups excluding carboxylic acids is 2. The molecule has 0 atom stereocenters. The van der Waals surface area contributed by atoms with Crippen LogP contribution in [-0.2, 0) is 0 Å². The van der Waals surface area contributed by atoms with E-state index in [9.17, 15) is 9.59 Å². The zero-order chi connectivity index (χ0) is 50.3. The Labute approximate surface area is 437 Å². The minimum atomic E-state index is -0.0933. The number of ether oxygens (including phenoxy) is 1. The number of amides is 2. The van der Waals surface area contributed by atoms with Crippen LogP contribution < -0.4 is 15.4 Å². The van der Waals surface area contributed by atoms with Gasteiger partial charge in [0.1, 0.15) is 5.75 Å². The third-order valence-electron chi connectivity index (χ3n) is 15.1. The molecule has 0 radical (unpaired) electrons. The minimum Gasteiger partial charge on any atom is -0.493 e. The lowest BCUT2D eigenvalue weighted by atomic mass is 10.0. The Kier molecular flexibility index (Phi) is 51.6. The molecule has 410 valence electrons. The molecular formula is C65H122N2O3. The van der Waals surface area contributed by atoms with Gasteiger partial charge in [-0.1, -0.05) is 329 Å². The van der Waals surface area contributed by atoms with Gasteiger partial charge in [0.25, 0.3) is 11.8 Å². The molecule has 0 unspecified atom stereocenters. The third kappa shape index (κ3) is 44.6. The van der Waals surface area contributed by atoms with Gasteiger partial charge in [-0.25, -0.2) is 0 Å². The van der Waals surface area contributed by atoms with Gasteiger partial charge in [0, 0.05) is 18.7 Å². The summed E-state index contributed by atoms with van der Waals surface area (Å²) < 4.78 is 6.31. The average Bonchev–Trinajstić information content (AvgIpc) is 3.37. The van der Waals surface area contributed by atoms with Crippen LogP contribution in [0.25, 0.3) is 0 Å². The highest BCUT2D eigenvalue weighted by atomic mass is 16.5. The fraction of sp³-hybridized carbons (Fsp3) is 0.877. The summed E-state index contributed by atoms with van der Waals surface area (Å²) in [6.07, 6.45) is 68.7. The van der Waals surface area contributed by atoms with Crippen molar-refractivity contribution in [2.24, 2.45) is 0 Å². The quantitative estimate of drug-likeness (QED) is 0.0639. The molecule has 0 spiro atoms. The maximum absolute atomic E-state index is 13.5. The van der Waals surface area contributed by atoms with Gasteiger partial charge in [-0.05, 0) is 37.5 Å². The first kappa shape index (κ1) is 66.0. The Bertz CT molecular complexity index is 1230. The SMILES string of the molecule is CCCCCCCCCCCCCCCCCCCCNC(=O)c1ccc(C(=O)NCCCCCCCCCCCCCCCCCCCC)c(OCCCCCCCCCCCCCCCCC)c1. The summed E-state index contributed by atoms with van der Waals surface area (Å²) in [5.74, 6) is 0.375. The zero-order valence-electron chi connectivity index (χ0n) is 47.6. The standard InChI is InChI=1S/C65H122N2O3/c1-4-7-10-13-16-19-22-25-28-30-32-34-37-40-43-46-49-52-57-66-64(68)61-55-56-62(63(60-61)70-59-54-51-48-45-42-39-36-27-24-21-18-15-12-9-6-3)65(69)67-58-53-50-47-44-41-38-35-33-31-29-26-23-20-17-14-11-8-5-2/h55-56,60H,4-54,57-59H2,1-3H3,(H,66,68)(H,67,69). The summed E-state index contributed by atoms with van der Waals surface area (Å²) >= 11 is 0. The molecular weight excluding hydrogens is 857 g/mol. The summed E-state index contributed by atoms with van der Waals surface area (Å²) in [4.78, 5) is 26.7. The molecule has 0 bridgehead atoms. The van der Waals surface area contributed by atoms with Crippen molar-refractivity contribution in [2.75, 3.05) is 19.7 Å². The number of unbranched alkanes of at least 4 members (excludes halogenated alkanes) is 48. The molecule has 0 aromatic heterocycles. The van der Waals surface area contributed by atoms with Gasteiger partial charge in [0.05, 0.1) is 12.2 Å². The van der Waals surface area contributed by atoms with E-state index in [4.69, 9.17) is 4.74 Å². The number of nitrogens with one attached hydrogen (secondary N) is 2. The highest BCUT2D eigenvalue weighted by molar-refractivity contribution is 6.00. The van der Waals surface area contributed by atoms with Crippen molar-refractivity contribution in [1.82, 2.24) is 10.6 Å². The molecule has 1 aromatic rings. The van der Waals surface area contributed by atoms with Gasteiger partial charge in [0.15, 0.2) is 0 Å². The van der Waals surface area contributed by atoms with Gasteiger partial charge >= 0.3 is 0 Å². The van der Waals surface area contributed by atoms with E-state index < -0.39 is 0 Å². The summed E-state index contributed by atoms with van der Waals surface area (Å²) in [7, 11) is 0. The monoisotopic (exact) mass is 979 g/mol. The van der Waals surface area contributed by atoms with Gasteiger partial charge < -0.3 is 15.4 Å².